The maximum atomic E-state index is 11.3. The van der Waals surface area contributed by atoms with Crippen molar-refractivity contribution < 1.29 is 9.53 Å². The van der Waals surface area contributed by atoms with Crippen LogP contribution in [-0.2, 0) is 17.6 Å². The van der Waals surface area contributed by atoms with Gasteiger partial charge in [-0.15, -0.1) is 0 Å². The number of nitrogens with one attached hydrogen (secondary N) is 1. The van der Waals surface area contributed by atoms with Crippen LogP contribution in [0, 0.1) is 11.3 Å². The van der Waals surface area contributed by atoms with Crippen LogP contribution in [0.4, 0.5) is 0 Å². The van der Waals surface area contributed by atoms with E-state index in [0.29, 0.717) is 6.54 Å². The van der Waals surface area contributed by atoms with Crippen molar-refractivity contribution in [3.8, 4) is 11.8 Å². The monoisotopic (exact) mass is 244 g/mol. The van der Waals surface area contributed by atoms with E-state index in [9.17, 15) is 4.79 Å². The maximum Gasteiger partial charge on any atom is 0.221 e. The van der Waals surface area contributed by atoms with E-state index in [2.05, 4.69) is 11.4 Å². The summed E-state index contributed by atoms with van der Waals surface area (Å²) in [4.78, 5) is 11.3. The van der Waals surface area contributed by atoms with Crippen molar-refractivity contribution in [2.45, 2.75) is 25.7 Å². The molecule has 1 N–H and O–H groups in total. The van der Waals surface area contributed by atoms with E-state index >= 15 is 0 Å². The van der Waals surface area contributed by atoms with Crippen LogP contribution in [0.1, 0.15) is 24.0 Å². The summed E-state index contributed by atoms with van der Waals surface area (Å²) in [5.74, 6) is 0.929. The van der Waals surface area contributed by atoms with E-state index < -0.39 is 0 Å². The predicted octanol–water partition coefficient (Wildman–Crippen LogP) is 1.58. The number of nitrogens with zero attached hydrogens (tertiary/aromatic N) is 1. The molecule has 1 aromatic rings. The Morgan fingerprint density at radius 2 is 2.39 bits per heavy atom. The summed E-state index contributed by atoms with van der Waals surface area (Å²) in [7, 11) is 0. The Morgan fingerprint density at radius 1 is 1.50 bits per heavy atom. The lowest BCUT2D eigenvalue weighted by Crippen LogP contribution is -2.25. The summed E-state index contributed by atoms with van der Waals surface area (Å²) in [6.07, 6.45) is 2.35. The van der Waals surface area contributed by atoms with E-state index in [1.54, 1.807) is 0 Å². The predicted molar refractivity (Wildman–Crippen MR) is 67.2 cm³/mol. The van der Waals surface area contributed by atoms with Gasteiger partial charge in [0, 0.05) is 25.8 Å². The maximum absolute atomic E-state index is 11.3. The highest BCUT2D eigenvalue weighted by Gasteiger charge is 2.11. The highest BCUT2D eigenvalue weighted by Crippen LogP contribution is 2.25. The summed E-state index contributed by atoms with van der Waals surface area (Å²) in [5.41, 5.74) is 2.46. The Hall–Kier alpha value is -2.02. The molecule has 0 radical (unpaired) electrons. The van der Waals surface area contributed by atoms with Gasteiger partial charge in [-0.25, -0.2) is 0 Å². The van der Waals surface area contributed by atoms with Gasteiger partial charge in [-0.1, -0.05) is 12.1 Å². The zero-order valence-electron chi connectivity index (χ0n) is 10.2. The van der Waals surface area contributed by atoms with Crippen molar-refractivity contribution in [2.75, 3.05) is 13.2 Å². The molecule has 0 spiro atoms. The zero-order chi connectivity index (χ0) is 12.8. The first-order chi connectivity index (χ1) is 8.79. The Bertz CT molecular complexity index is 477. The average Bonchev–Trinajstić information content (AvgIpc) is 2.83. The molecule has 0 atom stereocenters. The molecule has 0 saturated heterocycles. The summed E-state index contributed by atoms with van der Waals surface area (Å²) in [5, 5.41) is 11.2. The number of carbonyl (C=O) groups is 1. The van der Waals surface area contributed by atoms with Gasteiger partial charge in [0.1, 0.15) is 5.75 Å². The third-order valence-electron chi connectivity index (χ3n) is 2.95. The molecule has 4 nitrogen and oxygen atoms in total. The van der Waals surface area contributed by atoms with E-state index in [-0.39, 0.29) is 18.7 Å². The van der Waals surface area contributed by atoms with E-state index in [1.807, 2.05) is 18.2 Å². The third-order valence-corrected chi connectivity index (χ3v) is 2.95. The molecule has 1 amide bonds. The molecule has 1 aliphatic rings. The van der Waals surface area contributed by atoms with Gasteiger partial charge < -0.3 is 10.1 Å². The van der Waals surface area contributed by atoms with Gasteiger partial charge in [-0.05, 0) is 23.6 Å². The van der Waals surface area contributed by atoms with Gasteiger partial charge >= 0.3 is 0 Å². The van der Waals surface area contributed by atoms with E-state index in [1.165, 1.54) is 11.1 Å². The second-order valence-corrected chi connectivity index (χ2v) is 4.30. The summed E-state index contributed by atoms with van der Waals surface area (Å²) < 4.78 is 5.44. The second kappa shape index (κ2) is 6.06. The van der Waals surface area contributed by atoms with Crippen LogP contribution in [0.3, 0.4) is 0 Å². The molecule has 0 bridgehead atoms. The lowest BCUT2D eigenvalue weighted by molar-refractivity contribution is -0.120. The summed E-state index contributed by atoms with van der Waals surface area (Å²) in [6.45, 7) is 1.38. The normalized spacial score (nSPS) is 12.4. The van der Waals surface area contributed by atoms with Crippen LogP contribution in [0.25, 0.3) is 0 Å². The van der Waals surface area contributed by atoms with Crippen LogP contribution in [0.5, 0.6) is 5.75 Å². The minimum Gasteiger partial charge on any atom is -0.493 e. The topological polar surface area (TPSA) is 62.1 Å². The second-order valence-electron chi connectivity index (χ2n) is 4.30. The van der Waals surface area contributed by atoms with E-state index in [4.69, 9.17) is 10.00 Å². The molecular weight excluding hydrogens is 228 g/mol. The Labute approximate surface area is 107 Å². The number of rotatable bonds is 5. The van der Waals surface area contributed by atoms with Crippen molar-refractivity contribution >= 4 is 5.91 Å². The molecule has 0 fully saturated rings. The molecule has 1 aromatic carbocycles. The lowest BCUT2D eigenvalue weighted by atomic mass is 10.1. The van der Waals surface area contributed by atoms with Gasteiger partial charge in [-0.2, -0.15) is 5.26 Å². The Morgan fingerprint density at radius 3 is 3.22 bits per heavy atom. The zero-order valence-corrected chi connectivity index (χ0v) is 10.2. The fraction of sp³-hybridized carbons (Fsp3) is 0.429. The molecule has 94 valence electrons. The number of carbonyl (C=O) groups excluding carboxylic acids is 1. The number of benzene rings is 1. The molecule has 1 heterocycles. The SMILES string of the molecule is N#CCCC(=O)NCCc1ccc2c(c1)CCO2. The smallest absolute Gasteiger partial charge is 0.221 e. The molecule has 18 heavy (non-hydrogen) atoms. The van der Waals surface area contributed by atoms with Crippen LogP contribution in [0.15, 0.2) is 18.2 Å². The highest BCUT2D eigenvalue weighted by molar-refractivity contribution is 5.76. The van der Waals surface area contributed by atoms with Crippen molar-refractivity contribution in [1.29, 1.82) is 5.26 Å². The average molecular weight is 244 g/mol. The van der Waals surface area contributed by atoms with E-state index in [0.717, 1.165) is 25.2 Å². The molecule has 0 aliphatic carbocycles. The van der Waals surface area contributed by atoms with Crippen molar-refractivity contribution in [1.82, 2.24) is 5.32 Å². The Kier molecular flexibility index (Phi) is 4.19. The number of fused-ring (bicyclic) bond motifs is 1. The first kappa shape index (κ1) is 12.4. The molecule has 4 heteroatoms. The number of hydrogen-bond acceptors (Lipinski definition) is 3. The van der Waals surface area contributed by atoms with Gasteiger partial charge in [0.15, 0.2) is 0 Å². The van der Waals surface area contributed by atoms with Gasteiger partial charge in [0.2, 0.25) is 5.91 Å². The van der Waals surface area contributed by atoms with Crippen LogP contribution in [0.2, 0.25) is 0 Å². The minimum absolute atomic E-state index is 0.0546. The molecule has 0 unspecified atom stereocenters. The number of ether oxygens (including phenoxy) is 1. The minimum atomic E-state index is -0.0546. The fourth-order valence-corrected chi connectivity index (χ4v) is 2.00. The number of hydrogen-bond donors (Lipinski definition) is 1. The number of amides is 1. The Balaban J connectivity index is 1.77. The summed E-state index contributed by atoms with van der Waals surface area (Å²) in [6, 6.07) is 8.13. The first-order valence-electron chi connectivity index (χ1n) is 6.18. The van der Waals surface area contributed by atoms with Crippen LogP contribution < -0.4 is 10.1 Å². The van der Waals surface area contributed by atoms with Crippen LogP contribution >= 0.6 is 0 Å². The third kappa shape index (κ3) is 3.24. The largest absolute Gasteiger partial charge is 0.493 e. The molecular formula is C14H16N2O2. The molecule has 1 aliphatic heterocycles. The summed E-state index contributed by atoms with van der Waals surface area (Å²) >= 11 is 0. The van der Waals surface area contributed by atoms with Gasteiger partial charge in [0.25, 0.3) is 0 Å². The fourth-order valence-electron chi connectivity index (χ4n) is 2.00. The van der Waals surface area contributed by atoms with Gasteiger partial charge in [0.05, 0.1) is 12.7 Å². The quantitative estimate of drug-likeness (QED) is 0.855. The molecule has 0 aromatic heterocycles. The van der Waals surface area contributed by atoms with Gasteiger partial charge in [-0.3, -0.25) is 4.79 Å². The van der Waals surface area contributed by atoms with Crippen LogP contribution in [-0.4, -0.2) is 19.1 Å². The highest BCUT2D eigenvalue weighted by atomic mass is 16.5. The lowest BCUT2D eigenvalue weighted by Gasteiger charge is -2.05. The van der Waals surface area contributed by atoms with Crippen molar-refractivity contribution in [2.24, 2.45) is 0 Å². The van der Waals surface area contributed by atoms with Crippen molar-refractivity contribution in [3.63, 3.8) is 0 Å². The standard InChI is InChI=1S/C14H16N2O2/c15-7-1-2-14(17)16-8-5-11-3-4-13-12(10-11)6-9-18-13/h3-4,10H,1-2,5-6,8-9H2,(H,16,17). The molecule has 0 saturated carbocycles. The number of nitriles is 1. The van der Waals surface area contributed by atoms with Crippen molar-refractivity contribution in [3.05, 3.63) is 29.3 Å². The molecule has 2 rings (SSSR count). The first-order valence-corrected chi connectivity index (χ1v) is 6.18.